The monoisotopic (exact) mass is 335 g/mol. The summed E-state index contributed by atoms with van der Waals surface area (Å²) < 4.78 is 6.04. The fourth-order valence-corrected chi connectivity index (χ4v) is 3.96. The maximum atomic E-state index is 12.5. The van der Waals surface area contributed by atoms with E-state index in [1.807, 2.05) is 24.3 Å². The van der Waals surface area contributed by atoms with Crippen molar-refractivity contribution in [2.24, 2.45) is 5.92 Å². The van der Waals surface area contributed by atoms with Crippen LogP contribution in [0.5, 0.6) is 5.75 Å². The van der Waals surface area contributed by atoms with Crippen LogP contribution in [-0.4, -0.2) is 18.1 Å². The van der Waals surface area contributed by atoms with Crippen LogP contribution in [0.3, 0.4) is 0 Å². The summed E-state index contributed by atoms with van der Waals surface area (Å²) in [7, 11) is 0. The lowest BCUT2D eigenvalue weighted by Gasteiger charge is -2.31. The van der Waals surface area contributed by atoms with E-state index in [9.17, 15) is 4.79 Å². The number of ether oxygens (including phenoxy) is 1. The van der Waals surface area contributed by atoms with E-state index in [0.29, 0.717) is 11.1 Å². The number of benzene rings is 1. The molecule has 2 unspecified atom stereocenters. The molecule has 1 aromatic rings. The van der Waals surface area contributed by atoms with Crippen molar-refractivity contribution in [1.82, 2.24) is 5.32 Å². The zero-order chi connectivity index (χ0) is 16.1. The van der Waals surface area contributed by atoms with Gasteiger partial charge in [-0.15, -0.1) is 0 Å². The SMILES string of the molecule is O=C(NC1CCCCC1)C1CCCC(Oc2ccccc2Cl)C1. The van der Waals surface area contributed by atoms with Gasteiger partial charge in [0.25, 0.3) is 0 Å². The van der Waals surface area contributed by atoms with Gasteiger partial charge in [0.2, 0.25) is 5.91 Å². The highest BCUT2D eigenvalue weighted by Gasteiger charge is 2.30. The minimum Gasteiger partial charge on any atom is -0.489 e. The molecule has 2 saturated carbocycles. The highest BCUT2D eigenvalue weighted by atomic mass is 35.5. The first-order valence-corrected chi connectivity index (χ1v) is 9.32. The van der Waals surface area contributed by atoms with E-state index in [0.717, 1.165) is 44.3 Å². The lowest BCUT2D eigenvalue weighted by molar-refractivity contribution is -0.127. The Bertz CT molecular complexity index is 528. The van der Waals surface area contributed by atoms with E-state index in [-0.39, 0.29) is 17.9 Å². The zero-order valence-corrected chi connectivity index (χ0v) is 14.4. The molecule has 4 heteroatoms. The summed E-state index contributed by atoms with van der Waals surface area (Å²) >= 11 is 6.17. The van der Waals surface area contributed by atoms with Gasteiger partial charge in [-0.05, 0) is 50.7 Å². The Kier molecular flexibility index (Phi) is 5.82. The van der Waals surface area contributed by atoms with E-state index in [1.165, 1.54) is 19.3 Å². The molecule has 2 atom stereocenters. The van der Waals surface area contributed by atoms with Gasteiger partial charge in [-0.1, -0.05) is 43.0 Å². The first kappa shape index (κ1) is 16.6. The van der Waals surface area contributed by atoms with E-state index in [1.54, 1.807) is 0 Å². The molecule has 0 aliphatic heterocycles. The molecule has 23 heavy (non-hydrogen) atoms. The number of carbonyl (C=O) groups is 1. The van der Waals surface area contributed by atoms with Crippen LogP contribution in [0, 0.1) is 5.92 Å². The average Bonchev–Trinajstić information content (AvgIpc) is 2.58. The minimum atomic E-state index is 0.0816. The quantitative estimate of drug-likeness (QED) is 0.864. The van der Waals surface area contributed by atoms with Crippen LogP contribution < -0.4 is 10.1 Å². The van der Waals surface area contributed by atoms with Crippen molar-refractivity contribution < 1.29 is 9.53 Å². The summed E-state index contributed by atoms with van der Waals surface area (Å²) in [6.45, 7) is 0. The van der Waals surface area contributed by atoms with Gasteiger partial charge < -0.3 is 10.1 Å². The Morgan fingerprint density at radius 1 is 1.04 bits per heavy atom. The number of hydrogen-bond acceptors (Lipinski definition) is 2. The van der Waals surface area contributed by atoms with Gasteiger partial charge in [-0.2, -0.15) is 0 Å². The predicted molar refractivity (Wildman–Crippen MR) is 92.8 cm³/mol. The van der Waals surface area contributed by atoms with Gasteiger partial charge in [0.1, 0.15) is 5.75 Å². The van der Waals surface area contributed by atoms with Gasteiger partial charge in [-0.3, -0.25) is 4.79 Å². The smallest absolute Gasteiger partial charge is 0.223 e. The van der Waals surface area contributed by atoms with Gasteiger partial charge in [0.15, 0.2) is 0 Å². The number of nitrogens with one attached hydrogen (secondary N) is 1. The molecular weight excluding hydrogens is 310 g/mol. The average molecular weight is 336 g/mol. The third-order valence-corrected chi connectivity index (χ3v) is 5.39. The van der Waals surface area contributed by atoms with Gasteiger partial charge in [0.05, 0.1) is 11.1 Å². The van der Waals surface area contributed by atoms with Crippen LogP contribution in [0.1, 0.15) is 57.8 Å². The number of hydrogen-bond donors (Lipinski definition) is 1. The van der Waals surface area contributed by atoms with Gasteiger partial charge in [-0.25, -0.2) is 0 Å². The van der Waals surface area contributed by atoms with Gasteiger partial charge >= 0.3 is 0 Å². The summed E-state index contributed by atoms with van der Waals surface area (Å²) in [5.41, 5.74) is 0. The van der Waals surface area contributed by atoms with Crippen molar-refractivity contribution in [3.8, 4) is 5.75 Å². The second-order valence-corrected chi connectivity index (χ2v) is 7.28. The lowest BCUT2D eigenvalue weighted by atomic mass is 9.85. The van der Waals surface area contributed by atoms with Crippen molar-refractivity contribution in [2.75, 3.05) is 0 Å². The molecule has 1 N–H and O–H groups in total. The number of halogens is 1. The lowest BCUT2D eigenvalue weighted by Crippen LogP contribution is -2.42. The molecular formula is C19H26ClNO2. The molecule has 0 saturated heterocycles. The molecule has 1 amide bonds. The Labute approximate surface area is 143 Å². The summed E-state index contributed by atoms with van der Waals surface area (Å²) in [5.74, 6) is 1.04. The Hall–Kier alpha value is -1.22. The molecule has 2 aliphatic carbocycles. The first-order valence-electron chi connectivity index (χ1n) is 8.94. The van der Waals surface area contributed by atoms with Crippen molar-refractivity contribution in [1.29, 1.82) is 0 Å². The van der Waals surface area contributed by atoms with E-state index < -0.39 is 0 Å². The van der Waals surface area contributed by atoms with Crippen LogP contribution in [0.25, 0.3) is 0 Å². The molecule has 0 heterocycles. The standard InChI is InChI=1S/C19H26ClNO2/c20-17-11-4-5-12-18(17)23-16-10-6-7-14(13-16)19(22)21-15-8-2-1-3-9-15/h4-5,11-12,14-16H,1-3,6-10,13H2,(H,21,22). The topological polar surface area (TPSA) is 38.3 Å². The van der Waals surface area contributed by atoms with Crippen LogP contribution in [0.15, 0.2) is 24.3 Å². The maximum absolute atomic E-state index is 12.5. The summed E-state index contributed by atoms with van der Waals surface area (Å²) in [5, 5.41) is 3.90. The highest BCUT2D eigenvalue weighted by Crippen LogP contribution is 2.31. The number of carbonyl (C=O) groups excluding carboxylic acids is 1. The Morgan fingerprint density at radius 3 is 2.61 bits per heavy atom. The Morgan fingerprint density at radius 2 is 1.83 bits per heavy atom. The van der Waals surface area contributed by atoms with Crippen molar-refractivity contribution in [3.63, 3.8) is 0 Å². The third kappa shape index (κ3) is 4.63. The molecule has 0 bridgehead atoms. The van der Waals surface area contributed by atoms with Crippen LogP contribution >= 0.6 is 11.6 Å². The molecule has 0 aromatic heterocycles. The largest absolute Gasteiger partial charge is 0.489 e. The number of amides is 1. The molecule has 3 rings (SSSR count). The van der Waals surface area contributed by atoms with Crippen LogP contribution in [-0.2, 0) is 4.79 Å². The molecule has 126 valence electrons. The molecule has 2 fully saturated rings. The van der Waals surface area contributed by atoms with Crippen LogP contribution in [0.2, 0.25) is 5.02 Å². The highest BCUT2D eigenvalue weighted by molar-refractivity contribution is 6.32. The molecule has 0 spiro atoms. The van der Waals surface area contributed by atoms with E-state index >= 15 is 0 Å². The second-order valence-electron chi connectivity index (χ2n) is 6.88. The summed E-state index contributed by atoms with van der Waals surface area (Å²) in [6, 6.07) is 7.95. The molecule has 3 nitrogen and oxygen atoms in total. The van der Waals surface area contributed by atoms with Crippen molar-refractivity contribution >= 4 is 17.5 Å². The summed E-state index contributed by atoms with van der Waals surface area (Å²) in [4.78, 5) is 12.5. The normalized spacial score (nSPS) is 25.8. The number of para-hydroxylation sites is 1. The fourth-order valence-electron chi connectivity index (χ4n) is 3.78. The summed E-state index contributed by atoms with van der Waals surface area (Å²) in [6.07, 6.45) is 9.97. The first-order chi connectivity index (χ1) is 11.2. The maximum Gasteiger partial charge on any atom is 0.223 e. The predicted octanol–water partition coefficient (Wildman–Crippen LogP) is 4.73. The second kappa shape index (κ2) is 8.05. The number of rotatable bonds is 4. The van der Waals surface area contributed by atoms with Crippen molar-refractivity contribution in [3.05, 3.63) is 29.3 Å². The third-order valence-electron chi connectivity index (χ3n) is 5.08. The fraction of sp³-hybridized carbons (Fsp3) is 0.632. The van der Waals surface area contributed by atoms with E-state index in [4.69, 9.17) is 16.3 Å². The van der Waals surface area contributed by atoms with Gasteiger partial charge in [0, 0.05) is 12.0 Å². The Balaban J connectivity index is 1.53. The molecule has 0 radical (unpaired) electrons. The van der Waals surface area contributed by atoms with E-state index in [2.05, 4.69) is 5.32 Å². The molecule has 2 aliphatic rings. The minimum absolute atomic E-state index is 0.0816. The van der Waals surface area contributed by atoms with Crippen LogP contribution in [0.4, 0.5) is 0 Å². The zero-order valence-electron chi connectivity index (χ0n) is 13.6. The molecule has 1 aromatic carbocycles. The van der Waals surface area contributed by atoms with Crippen molar-refractivity contribution in [2.45, 2.75) is 69.9 Å².